The largest absolute Gasteiger partial charge is 0.455 e. The molecule has 0 fully saturated rings. The predicted octanol–water partition coefficient (Wildman–Crippen LogP) is 25.3. The summed E-state index contributed by atoms with van der Waals surface area (Å²) in [6, 6.07) is 114. The zero-order valence-electron chi connectivity index (χ0n) is 55.0. The first-order chi connectivity index (χ1) is 50.6. The molecule has 6 heterocycles. The third kappa shape index (κ3) is 9.13. The van der Waals surface area contributed by atoms with Gasteiger partial charge < -0.3 is 8.83 Å². The Morgan fingerprint density at radius 3 is 1.59 bits per heavy atom. The summed E-state index contributed by atoms with van der Waals surface area (Å²) in [5.41, 5.74) is 25.2. The summed E-state index contributed by atoms with van der Waals surface area (Å²) in [6.07, 6.45) is 9.77. The fraction of sp³-hybridized carbons (Fsp3) is 0. The molecule has 472 valence electrons. The van der Waals surface area contributed by atoms with Gasteiger partial charge in [-0.05, 0) is 166 Å². The Morgan fingerprint density at radius 1 is 0.255 bits per heavy atom. The van der Waals surface area contributed by atoms with Gasteiger partial charge in [-0.15, -0.1) is 0 Å². The number of pyridine rings is 4. The second-order valence-corrected chi connectivity index (χ2v) is 26.7. The molecule has 0 aliphatic heterocycles. The lowest BCUT2D eigenvalue weighted by Gasteiger charge is -2.15. The van der Waals surface area contributed by atoms with Gasteiger partial charge in [0.1, 0.15) is 22.3 Å². The number of benzene rings is 14. The van der Waals surface area contributed by atoms with Crippen LogP contribution in [-0.2, 0) is 0 Å². The van der Waals surface area contributed by atoms with Crippen LogP contribution >= 0.6 is 0 Å². The van der Waals surface area contributed by atoms with E-state index >= 15 is 0 Å². The van der Waals surface area contributed by atoms with Crippen molar-refractivity contribution in [2.45, 2.75) is 0 Å². The molecule has 15 aromatic carbocycles. The van der Waals surface area contributed by atoms with Gasteiger partial charge in [0.15, 0.2) is 6.20 Å². The van der Waals surface area contributed by atoms with Crippen molar-refractivity contribution >= 4 is 109 Å². The van der Waals surface area contributed by atoms with E-state index in [1.54, 1.807) is 0 Å². The normalized spacial score (nSPS) is 11.9. The standard InChI is InChI=1S/C96H57N4O2/c1-3-17-58(18-4-1)64-37-39-73(68-26-16-47-98-57-68)82(50-64)69-52-84-78-43-44-81(94-80-40-38-65(67-25-15-46-97-56-67)51-83(80)76-28-9-11-31-86(76)99-94)96-93(78)91-85(54-70(55-89(91)102-96)100-48-45-74(60-19-5-2-6-20-60)77-29-10-12-32-87(77)100)79-42-41-75(95-92(79)90(84)88(53-69)101-95)66-24-13-23-63(49-66)59-33-35-62(36-34-59)72-30-14-22-61-21-7-8-27-71(61)72/h1-57H/q+1. The van der Waals surface area contributed by atoms with Crippen LogP contribution in [0.1, 0.15) is 0 Å². The van der Waals surface area contributed by atoms with Crippen molar-refractivity contribution in [2.24, 2.45) is 0 Å². The van der Waals surface area contributed by atoms with Crippen LogP contribution in [0.25, 0.3) is 215 Å². The topological polar surface area (TPSA) is 68.8 Å². The lowest BCUT2D eigenvalue weighted by atomic mass is 9.87. The Morgan fingerprint density at radius 2 is 0.794 bits per heavy atom. The average molecular weight is 1300 g/mol. The van der Waals surface area contributed by atoms with Crippen molar-refractivity contribution in [2.75, 3.05) is 0 Å². The molecular weight excluding hydrogens is 1240 g/mol. The number of aromatic nitrogens is 4. The zero-order chi connectivity index (χ0) is 66.9. The highest BCUT2D eigenvalue weighted by Crippen LogP contribution is 2.52. The van der Waals surface area contributed by atoms with Crippen LogP contribution in [-0.4, -0.2) is 15.0 Å². The molecule has 21 rings (SSSR count). The number of furan rings is 2. The first-order valence-corrected chi connectivity index (χ1v) is 34.7. The van der Waals surface area contributed by atoms with E-state index in [9.17, 15) is 0 Å². The maximum absolute atomic E-state index is 7.80. The quantitative estimate of drug-likeness (QED) is 0.101. The number of hydrogen-bond acceptors (Lipinski definition) is 5. The third-order valence-corrected chi connectivity index (χ3v) is 21.1. The van der Waals surface area contributed by atoms with E-state index in [1.165, 1.54) is 21.9 Å². The molecule has 6 nitrogen and oxygen atoms in total. The van der Waals surface area contributed by atoms with Gasteiger partial charge in [0.25, 0.3) is 0 Å². The summed E-state index contributed by atoms with van der Waals surface area (Å²) in [7, 11) is 0. The van der Waals surface area contributed by atoms with Gasteiger partial charge in [0.2, 0.25) is 11.2 Å². The fourth-order valence-electron chi connectivity index (χ4n) is 16.3. The SMILES string of the molecule is c1ccc(-c2ccc(-c3cccnc3)c(-c3cc4oc5c(-c6cccc(-c7ccc(-c8cccc9ccccc89)cc7)c6)ccc6c7cc(-[n+]8ccc(-c9ccccc9)c9ccccc98)cc8oc9c(-c%10nc%11ccccc%11c%11cc(-c%12cccnc%12)ccc%10%11)ccc(c(c3)c4c56)c9c87)c2)cc1. The molecule has 0 saturated heterocycles. The van der Waals surface area contributed by atoms with Gasteiger partial charge in [-0.25, -0.2) is 4.98 Å². The molecule has 0 radical (unpaired) electrons. The second kappa shape index (κ2) is 23.0. The number of para-hydroxylation sites is 2. The molecule has 0 aliphatic rings. The van der Waals surface area contributed by atoms with Crippen LogP contribution in [0.15, 0.2) is 355 Å². The average Bonchev–Trinajstić information content (AvgIpc) is 1.51. The first-order valence-electron chi connectivity index (χ1n) is 34.7. The maximum Gasteiger partial charge on any atom is 0.219 e. The molecule has 0 unspecified atom stereocenters. The molecule has 21 aromatic rings. The molecule has 102 heavy (non-hydrogen) atoms. The van der Waals surface area contributed by atoms with Crippen LogP contribution in [0.2, 0.25) is 0 Å². The molecule has 0 atom stereocenters. The van der Waals surface area contributed by atoms with Crippen LogP contribution in [0, 0.1) is 0 Å². The minimum absolute atomic E-state index is 0.748. The van der Waals surface area contributed by atoms with Crippen LogP contribution in [0.4, 0.5) is 0 Å². The molecule has 0 amide bonds. The fourth-order valence-corrected chi connectivity index (χ4v) is 16.3. The van der Waals surface area contributed by atoms with Gasteiger partial charge in [0, 0.05) is 109 Å². The van der Waals surface area contributed by atoms with Crippen molar-refractivity contribution in [3.63, 3.8) is 0 Å². The highest BCUT2D eigenvalue weighted by atomic mass is 16.3. The number of hydrogen-bond donors (Lipinski definition) is 0. The Balaban J connectivity index is 0.872. The van der Waals surface area contributed by atoms with E-state index in [1.807, 2.05) is 36.9 Å². The number of nitrogens with zero attached hydrogens (tertiary/aromatic N) is 4. The third-order valence-electron chi connectivity index (χ3n) is 21.1. The van der Waals surface area contributed by atoms with Gasteiger partial charge in [0.05, 0.1) is 22.7 Å². The molecule has 0 spiro atoms. The molecule has 0 N–H and O–H groups in total. The highest BCUT2D eigenvalue weighted by Gasteiger charge is 2.29. The van der Waals surface area contributed by atoms with Crippen LogP contribution in [0.5, 0.6) is 0 Å². The molecular formula is C96H57N4O2+. The van der Waals surface area contributed by atoms with E-state index in [4.69, 9.17) is 13.8 Å². The van der Waals surface area contributed by atoms with Gasteiger partial charge >= 0.3 is 0 Å². The van der Waals surface area contributed by atoms with Crippen LogP contribution < -0.4 is 4.57 Å². The lowest BCUT2D eigenvalue weighted by Crippen LogP contribution is -2.31. The number of fused-ring (bicyclic) bond motifs is 7. The molecule has 6 aromatic heterocycles. The molecule has 0 bridgehead atoms. The Hall–Kier alpha value is -13.7. The summed E-state index contributed by atoms with van der Waals surface area (Å²) < 4.78 is 17.9. The smallest absolute Gasteiger partial charge is 0.219 e. The van der Waals surface area contributed by atoms with Gasteiger partial charge in [-0.1, -0.05) is 224 Å². The number of rotatable bonds is 10. The Labute approximate surface area is 585 Å². The van der Waals surface area contributed by atoms with Crippen LogP contribution in [0.3, 0.4) is 0 Å². The Kier molecular flexibility index (Phi) is 12.9. The predicted molar refractivity (Wildman–Crippen MR) is 421 cm³/mol. The van der Waals surface area contributed by atoms with E-state index in [0.717, 1.165) is 193 Å². The van der Waals surface area contributed by atoms with Crippen molar-refractivity contribution < 1.29 is 13.4 Å². The minimum Gasteiger partial charge on any atom is -0.455 e. The summed E-state index contributed by atoms with van der Waals surface area (Å²) in [5.74, 6) is 0. The second-order valence-electron chi connectivity index (χ2n) is 26.7. The first kappa shape index (κ1) is 57.4. The van der Waals surface area contributed by atoms with Crippen molar-refractivity contribution in [3.8, 4) is 106 Å². The van der Waals surface area contributed by atoms with Crippen molar-refractivity contribution in [3.05, 3.63) is 346 Å². The van der Waals surface area contributed by atoms with Crippen molar-refractivity contribution in [1.29, 1.82) is 0 Å². The van der Waals surface area contributed by atoms with E-state index in [0.29, 0.717) is 0 Å². The monoisotopic (exact) mass is 1300 g/mol. The lowest BCUT2D eigenvalue weighted by molar-refractivity contribution is -0.567. The van der Waals surface area contributed by atoms with E-state index in [2.05, 4.69) is 324 Å². The zero-order valence-corrected chi connectivity index (χ0v) is 55.0. The molecule has 0 aliphatic carbocycles. The summed E-state index contributed by atoms with van der Waals surface area (Å²) in [6.45, 7) is 0. The summed E-state index contributed by atoms with van der Waals surface area (Å²) >= 11 is 0. The Bertz CT molecular complexity index is 6960. The van der Waals surface area contributed by atoms with Gasteiger partial charge in [-0.3, -0.25) is 9.97 Å². The summed E-state index contributed by atoms with van der Waals surface area (Å²) in [5, 5.41) is 15.0. The molecule has 0 saturated carbocycles. The van der Waals surface area contributed by atoms with E-state index < -0.39 is 0 Å². The highest BCUT2D eigenvalue weighted by molar-refractivity contribution is 6.38. The van der Waals surface area contributed by atoms with Gasteiger partial charge in [-0.2, -0.15) is 4.57 Å². The van der Waals surface area contributed by atoms with E-state index in [-0.39, 0.29) is 0 Å². The molecule has 6 heteroatoms. The minimum atomic E-state index is 0.748. The van der Waals surface area contributed by atoms with Crippen molar-refractivity contribution in [1.82, 2.24) is 15.0 Å². The maximum atomic E-state index is 7.80. The summed E-state index contributed by atoms with van der Waals surface area (Å²) in [4.78, 5) is 14.9.